The maximum absolute atomic E-state index is 15.1. The van der Waals surface area contributed by atoms with Crippen LogP contribution < -0.4 is 31.5 Å². The molecule has 1 unspecified atom stereocenters. The van der Waals surface area contributed by atoms with Crippen molar-refractivity contribution in [2.75, 3.05) is 61.5 Å². The van der Waals surface area contributed by atoms with E-state index in [0.29, 0.717) is 85.6 Å². The second-order valence-corrected chi connectivity index (χ2v) is 44.6. The number of carboxylic acid groups (broad SMARTS) is 1. The number of unbranched alkanes of at least 4 members (excludes halogenated alkanes) is 9. The highest BCUT2D eigenvalue weighted by Crippen LogP contribution is 2.52. The van der Waals surface area contributed by atoms with E-state index in [2.05, 4.69) is 82.0 Å². The number of sulfonamides is 1. The van der Waals surface area contributed by atoms with E-state index in [-0.39, 0.29) is 130 Å². The Hall–Kier alpha value is -9.88. The third-order valence-corrected chi connectivity index (χ3v) is 31.7. The molecule has 135 heavy (non-hydrogen) atoms. The zero-order valence-corrected chi connectivity index (χ0v) is 82.3. The van der Waals surface area contributed by atoms with Gasteiger partial charge in [-0.3, -0.25) is 42.6 Å². The van der Waals surface area contributed by atoms with Crippen molar-refractivity contribution in [1.29, 1.82) is 0 Å². The summed E-state index contributed by atoms with van der Waals surface area (Å²) in [5.41, 5.74) is 11.6. The normalized spacial score (nSPS) is 15.9. The highest BCUT2D eigenvalue weighted by atomic mass is 32.2. The average Bonchev–Trinajstić information content (AvgIpc) is 1.57. The van der Waals surface area contributed by atoms with Gasteiger partial charge in [0.15, 0.2) is 5.71 Å². The fraction of sp³-hybridized carbons (Fsp3) is 0.550. The number of aryl methyl sites for hydroxylation is 7. The summed E-state index contributed by atoms with van der Waals surface area (Å²) in [5, 5.41) is 27.7. The lowest BCUT2D eigenvalue weighted by atomic mass is 9.76. The van der Waals surface area contributed by atoms with Gasteiger partial charge in [-0.25, -0.2) is 37.6 Å². The SMILES string of the molecule is [CH][C@H](CCCCCCc1nc2c(cc1CNC(=O)[C@H](CCCCNC(=O)CCC(=O)NCc1cc3c(nc1CCCCCC[C@@H](CC(=O)O)c1cnc(C)nc1)CCCC3)NC(=O)CCCN(C)S(=O)(=O)c1cccc3c4c(ccc13)N(CCCS(=O)(=O)O)C(CCCCCC1=[N+](CCCS(=O)(=O)O)c3ccc5ccc(S(=O)(=O)O)cc5c3C1(C)C)C4(C)C)CCCN2)c1cnc(C)nc1. The zero-order valence-electron chi connectivity index (χ0n) is 79.1. The van der Waals surface area contributed by atoms with E-state index < -0.39 is 86.5 Å². The molecule has 4 atom stereocenters. The van der Waals surface area contributed by atoms with Gasteiger partial charge in [0.25, 0.3) is 30.4 Å². The Morgan fingerprint density at radius 1 is 0.600 bits per heavy atom. The quantitative estimate of drug-likeness (QED) is 0.00971. The van der Waals surface area contributed by atoms with Crippen molar-refractivity contribution in [3.05, 3.63) is 178 Å². The molecule has 35 heteroatoms. The standard InChI is InChI=1S/C100H134N14O17S4/c1-67(76-63-103-68(2)104-64-76)29-14-9-11-17-35-84-75(58-73-32-25-51-102-97(73)111-84)62-108-98(120)85(37-22-23-50-101-91(115)48-49-92(116)107-61-74-57-72-31-20-21-36-82(72)109-83(74)34-16-12-10-15-30-71(59-94(118)119)77-65-105-69(3)106-66-77)110-93(117)41-26-52-112(8)134(127,128)88-38-24-33-80-79(88)45-47-87-95(80)99(4,5)89(114(87)54-28-56-133(124,125)126)39-18-13-19-40-90-100(6,7)96-81-60-78(135(129,130)131)44-42-70(81)43-46-86(96)113(90)53-27-55-132(121,122)123/h1,24,33,38,42-47,57-58,60,63-67,71,85,89H,9-23,25-32,34-37,39-41,48-56,59,61-62H2,2-8H3,(H8-,101,102,107,108,110,111,115,116,117,118,119,120,121,122,123,124,125,126,129,130,131)/p+1/t67-,71+,85+,89?/m1/s1. The number of aromatic nitrogens is 6. The molecule has 4 aromatic carbocycles. The molecular weight excluding hydrogens is 1800 g/mol. The van der Waals surface area contributed by atoms with Gasteiger partial charge >= 0.3 is 5.97 Å². The predicted molar refractivity (Wildman–Crippen MR) is 522 cm³/mol. The number of rotatable bonds is 53. The number of hydrogen-bond acceptors (Lipinski definition) is 21. The molecule has 0 bridgehead atoms. The number of nitrogens with zero attached hydrogens (tertiary/aromatic N) is 9. The predicted octanol–water partition coefficient (Wildman–Crippen LogP) is 14.8. The number of carboxylic acids is 1. The van der Waals surface area contributed by atoms with E-state index >= 15 is 8.42 Å². The Kier molecular flexibility index (Phi) is 36.2. The van der Waals surface area contributed by atoms with Crippen LogP contribution in [0, 0.1) is 20.8 Å². The molecule has 3 aliphatic heterocycles. The Labute approximate surface area is 796 Å². The molecule has 9 N–H and O–H groups in total. The number of benzene rings is 4. The van der Waals surface area contributed by atoms with Crippen LogP contribution in [0.3, 0.4) is 0 Å². The highest BCUT2D eigenvalue weighted by Gasteiger charge is 2.48. The number of carbonyl (C=O) groups is 5. The Morgan fingerprint density at radius 3 is 1.91 bits per heavy atom. The minimum atomic E-state index is -4.56. The zero-order chi connectivity index (χ0) is 97.0. The van der Waals surface area contributed by atoms with Crippen molar-refractivity contribution in [2.45, 2.75) is 311 Å². The van der Waals surface area contributed by atoms with Gasteiger partial charge in [-0.15, -0.1) is 0 Å². The highest BCUT2D eigenvalue weighted by molar-refractivity contribution is 7.89. The van der Waals surface area contributed by atoms with Crippen LogP contribution in [0.15, 0.2) is 107 Å². The average molecular weight is 1930 g/mol. The van der Waals surface area contributed by atoms with Crippen LogP contribution in [-0.4, -0.2) is 190 Å². The first kappa shape index (κ1) is 104. The first-order chi connectivity index (χ1) is 64.2. The van der Waals surface area contributed by atoms with Crippen molar-refractivity contribution in [1.82, 2.24) is 55.5 Å². The van der Waals surface area contributed by atoms with E-state index in [1.165, 1.54) is 29.0 Å². The van der Waals surface area contributed by atoms with Crippen molar-refractivity contribution in [2.24, 2.45) is 0 Å². The number of carbonyl (C=O) groups excluding carboxylic acids is 4. The number of fused-ring (bicyclic) bond motifs is 8. The number of nitrogens with one attached hydrogen (secondary N) is 5. The molecule has 1 aliphatic carbocycles. The number of pyridine rings is 2. The molecule has 8 aromatic rings. The lowest BCUT2D eigenvalue weighted by Crippen LogP contribution is -2.46. The van der Waals surface area contributed by atoms with Crippen LogP contribution in [0.4, 0.5) is 17.2 Å². The van der Waals surface area contributed by atoms with E-state index in [4.69, 9.17) is 16.9 Å². The Balaban J connectivity index is 0.671. The summed E-state index contributed by atoms with van der Waals surface area (Å²) in [6, 6.07) is 20.0. The first-order valence-corrected chi connectivity index (χ1v) is 54.1. The Morgan fingerprint density at radius 2 is 1.21 bits per heavy atom. The van der Waals surface area contributed by atoms with Crippen molar-refractivity contribution in [3.8, 4) is 0 Å². The first-order valence-electron chi connectivity index (χ1n) is 48.0. The van der Waals surface area contributed by atoms with Gasteiger partial charge in [0, 0.05) is 154 Å². The van der Waals surface area contributed by atoms with Crippen LogP contribution in [0.25, 0.3) is 21.5 Å². The number of aliphatic carboxylic acids is 1. The monoisotopic (exact) mass is 1930 g/mol. The third kappa shape index (κ3) is 28.2. The summed E-state index contributed by atoms with van der Waals surface area (Å²) in [6.07, 6.45) is 27.2. The van der Waals surface area contributed by atoms with E-state index in [1.54, 1.807) is 56.0 Å². The van der Waals surface area contributed by atoms with Gasteiger partial charge in [-0.05, 0) is 260 Å². The number of amides is 4. The summed E-state index contributed by atoms with van der Waals surface area (Å²) in [6.45, 7) is 20.3. The molecule has 2 radical (unpaired) electrons. The molecule has 31 nitrogen and oxygen atoms in total. The fourth-order valence-corrected chi connectivity index (χ4v) is 23.0. The maximum atomic E-state index is 15.1. The lowest BCUT2D eigenvalue weighted by molar-refractivity contribution is -0.439. The van der Waals surface area contributed by atoms with Crippen LogP contribution >= 0.6 is 0 Å². The Bertz CT molecular complexity index is 6080. The van der Waals surface area contributed by atoms with Gasteiger partial charge in [0.05, 0.1) is 33.1 Å². The minimum Gasteiger partial charge on any atom is -0.481 e. The summed E-state index contributed by atoms with van der Waals surface area (Å²) >= 11 is 0. The van der Waals surface area contributed by atoms with E-state index in [0.717, 1.165) is 194 Å². The van der Waals surface area contributed by atoms with Gasteiger partial charge in [-0.1, -0.05) is 95.5 Å². The van der Waals surface area contributed by atoms with Gasteiger partial charge in [0.2, 0.25) is 39.3 Å². The summed E-state index contributed by atoms with van der Waals surface area (Å²) < 4.78 is 136. The van der Waals surface area contributed by atoms with E-state index in [1.807, 2.05) is 45.0 Å². The molecule has 0 fully saturated rings. The van der Waals surface area contributed by atoms with Crippen molar-refractivity contribution in [3.63, 3.8) is 0 Å². The molecule has 12 rings (SSSR count). The fourth-order valence-electron chi connectivity index (χ4n) is 20.1. The van der Waals surface area contributed by atoms with Gasteiger partial charge < -0.3 is 36.6 Å². The summed E-state index contributed by atoms with van der Waals surface area (Å²) in [4.78, 5) is 96.9. The molecule has 4 aliphatic rings. The van der Waals surface area contributed by atoms with Gasteiger partial charge in [0.1, 0.15) is 30.1 Å². The molecule has 7 heterocycles. The third-order valence-electron chi connectivity index (χ3n) is 27.3. The maximum Gasteiger partial charge on any atom is 0.303 e. The number of anilines is 2. The van der Waals surface area contributed by atoms with Gasteiger partial charge in [-0.2, -0.15) is 29.8 Å². The molecular formula is C100H135N14O17S4+. The van der Waals surface area contributed by atoms with Crippen molar-refractivity contribution < 1.29 is 81.0 Å². The summed E-state index contributed by atoms with van der Waals surface area (Å²) in [7, 11) is -16.0. The lowest BCUT2D eigenvalue weighted by Gasteiger charge is -2.35. The molecule has 4 aromatic heterocycles. The van der Waals surface area contributed by atoms with Crippen LogP contribution in [0.5, 0.6) is 0 Å². The minimum absolute atomic E-state index is 0.0144. The molecule has 4 amide bonds. The van der Waals surface area contributed by atoms with Crippen LogP contribution in [0.1, 0.15) is 293 Å². The summed E-state index contributed by atoms with van der Waals surface area (Å²) in [5.74, 6) is -1.48. The second kappa shape index (κ2) is 47.0. The molecule has 730 valence electrons. The molecule has 0 saturated carbocycles. The number of hydrogen-bond donors (Lipinski definition) is 9. The van der Waals surface area contributed by atoms with Crippen LogP contribution in [0.2, 0.25) is 0 Å². The van der Waals surface area contributed by atoms with Crippen molar-refractivity contribution >= 4 is 114 Å². The van der Waals surface area contributed by atoms with Crippen LogP contribution in [-0.2, 0) is 120 Å². The topological polar surface area (TPSA) is 450 Å². The smallest absolute Gasteiger partial charge is 0.303 e. The largest absolute Gasteiger partial charge is 0.481 e. The molecule has 0 saturated heterocycles. The van der Waals surface area contributed by atoms with E-state index in [9.17, 15) is 68.0 Å². The molecule has 0 spiro atoms. The second-order valence-electron chi connectivity index (χ2n) is 38.0.